The van der Waals surface area contributed by atoms with Crippen LogP contribution in [0.3, 0.4) is 0 Å². The minimum atomic E-state index is -0.251. The summed E-state index contributed by atoms with van der Waals surface area (Å²) in [6, 6.07) is 4.48. The Morgan fingerprint density at radius 2 is 2.18 bits per heavy atom. The van der Waals surface area contributed by atoms with Gasteiger partial charge in [0.25, 0.3) is 0 Å². The van der Waals surface area contributed by atoms with E-state index >= 15 is 0 Å². The van der Waals surface area contributed by atoms with Crippen molar-refractivity contribution in [1.29, 1.82) is 0 Å². The highest BCUT2D eigenvalue weighted by Crippen LogP contribution is 2.20. The zero-order valence-electron chi connectivity index (χ0n) is 5.76. The second kappa shape index (κ2) is 1.99. The van der Waals surface area contributed by atoms with Crippen LogP contribution in [0.5, 0.6) is 0 Å². The molecule has 0 unspecified atom stereocenters. The Kier molecular flexibility index (Phi) is 1.12. The topological polar surface area (TPSA) is 41.8 Å². The first-order valence-corrected chi connectivity index (χ1v) is 3.29. The van der Waals surface area contributed by atoms with Crippen LogP contribution in [-0.2, 0) is 0 Å². The SMILES string of the molecule is Nc1c[nH]c2cc(F)ccc12. The van der Waals surface area contributed by atoms with Crippen LogP contribution in [0.15, 0.2) is 24.4 Å². The largest absolute Gasteiger partial charge is 0.397 e. The fourth-order valence-corrected chi connectivity index (χ4v) is 1.12. The number of hydrogen-bond donors (Lipinski definition) is 2. The molecule has 2 rings (SSSR count). The van der Waals surface area contributed by atoms with Crippen LogP contribution >= 0.6 is 0 Å². The van der Waals surface area contributed by atoms with Crippen LogP contribution in [0.2, 0.25) is 0 Å². The van der Waals surface area contributed by atoms with E-state index in [0.717, 1.165) is 10.9 Å². The molecular weight excluding hydrogens is 143 g/mol. The number of H-pyrrole nitrogens is 1. The van der Waals surface area contributed by atoms with Crippen LogP contribution in [0.4, 0.5) is 10.1 Å². The number of aromatic nitrogens is 1. The maximum absolute atomic E-state index is 12.6. The molecule has 0 bridgehead atoms. The van der Waals surface area contributed by atoms with E-state index in [4.69, 9.17) is 5.73 Å². The van der Waals surface area contributed by atoms with Crippen molar-refractivity contribution < 1.29 is 4.39 Å². The molecule has 1 aromatic carbocycles. The van der Waals surface area contributed by atoms with Crippen LogP contribution in [-0.4, -0.2) is 4.98 Å². The lowest BCUT2D eigenvalue weighted by atomic mass is 10.2. The smallest absolute Gasteiger partial charge is 0.125 e. The minimum Gasteiger partial charge on any atom is -0.397 e. The van der Waals surface area contributed by atoms with Crippen molar-refractivity contribution in [3.63, 3.8) is 0 Å². The molecular formula is C8H7FN2. The van der Waals surface area contributed by atoms with Gasteiger partial charge in [-0.25, -0.2) is 4.39 Å². The normalized spacial score (nSPS) is 10.6. The lowest BCUT2D eigenvalue weighted by molar-refractivity contribution is 0.629. The molecule has 2 nitrogen and oxygen atoms in total. The van der Waals surface area contributed by atoms with E-state index in [9.17, 15) is 4.39 Å². The lowest BCUT2D eigenvalue weighted by Crippen LogP contribution is -1.79. The molecule has 3 N–H and O–H groups in total. The number of anilines is 1. The van der Waals surface area contributed by atoms with E-state index in [2.05, 4.69) is 4.98 Å². The van der Waals surface area contributed by atoms with Gasteiger partial charge in [-0.1, -0.05) is 0 Å². The van der Waals surface area contributed by atoms with Gasteiger partial charge >= 0.3 is 0 Å². The summed E-state index contributed by atoms with van der Waals surface area (Å²) in [7, 11) is 0. The quantitative estimate of drug-likeness (QED) is 0.591. The number of nitrogens with two attached hydrogens (primary N) is 1. The molecule has 0 radical (unpaired) electrons. The summed E-state index contributed by atoms with van der Waals surface area (Å²) in [5.74, 6) is -0.251. The van der Waals surface area contributed by atoms with E-state index in [0.29, 0.717) is 5.69 Å². The lowest BCUT2D eigenvalue weighted by Gasteiger charge is -1.90. The zero-order valence-corrected chi connectivity index (χ0v) is 5.76. The Morgan fingerprint density at radius 3 is 3.00 bits per heavy atom. The second-order valence-corrected chi connectivity index (χ2v) is 2.43. The summed E-state index contributed by atoms with van der Waals surface area (Å²) >= 11 is 0. The summed E-state index contributed by atoms with van der Waals surface area (Å²) in [5.41, 5.74) is 6.96. The molecule has 0 saturated heterocycles. The van der Waals surface area contributed by atoms with Gasteiger partial charge in [0.1, 0.15) is 5.82 Å². The highest BCUT2D eigenvalue weighted by Gasteiger charge is 1.99. The van der Waals surface area contributed by atoms with E-state index < -0.39 is 0 Å². The summed E-state index contributed by atoms with van der Waals surface area (Å²) in [6.07, 6.45) is 1.66. The summed E-state index contributed by atoms with van der Waals surface area (Å²) < 4.78 is 12.6. The van der Waals surface area contributed by atoms with E-state index in [1.54, 1.807) is 12.3 Å². The molecule has 2 aromatic rings. The Hall–Kier alpha value is -1.51. The van der Waals surface area contributed by atoms with Gasteiger partial charge in [0, 0.05) is 11.6 Å². The fourth-order valence-electron chi connectivity index (χ4n) is 1.12. The van der Waals surface area contributed by atoms with Gasteiger partial charge in [0.05, 0.1) is 11.2 Å². The number of fused-ring (bicyclic) bond motifs is 1. The van der Waals surface area contributed by atoms with Crippen molar-refractivity contribution >= 4 is 16.6 Å². The molecule has 0 fully saturated rings. The van der Waals surface area contributed by atoms with Crippen molar-refractivity contribution in [3.8, 4) is 0 Å². The minimum absolute atomic E-state index is 0.251. The Labute approximate surface area is 62.8 Å². The van der Waals surface area contributed by atoms with Crippen molar-refractivity contribution in [1.82, 2.24) is 4.98 Å². The molecule has 0 aliphatic heterocycles. The van der Waals surface area contributed by atoms with Gasteiger partial charge in [-0.15, -0.1) is 0 Å². The summed E-state index contributed by atoms with van der Waals surface area (Å²) in [4.78, 5) is 2.86. The average molecular weight is 150 g/mol. The number of aromatic amines is 1. The molecule has 0 atom stereocenters. The third-order valence-corrected chi connectivity index (χ3v) is 1.68. The average Bonchev–Trinajstić information content (AvgIpc) is 2.32. The van der Waals surface area contributed by atoms with Gasteiger partial charge in [-0.3, -0.25) is 0 Å². The number of rotatable bonds is 0. The van der Waals surface area contributed by atoms with Crippen LogP contribution < -0.4 is 5.73 Å². The first-order chi connectivity index (χ1) is 5.27. The molecule has 0 spiro atoms. The van der Waals surface area contributed by atoms with Crippen molar-refractivity contribution in [2.75, 3.05) is 5.73 Å². The second-order valence-electron chi connectivity index (χ2n) is 2.43. The Balaban J connectivity index is 2.86. The first kappa shape index (κ1) is 6.22. The fraction of sp³-hybridized carbons (Fsp3) is 0. The maximum atomic E-state index is 12.6. The van der Waals surface area contributed by atoms with Crippen molar-refractivity contribution in [2.24, 2.45) is 0 Å². The number of nitrogen functional groups attached to an aromatic ring is 1. The zero-order chi connectivity index (χ0) is 7.84. The Bertz CT molecular complexity index is 392. The highest BCUT2D eigenvalue weighted by atomic mass is 19.1. The molecule has 0 amide bonds. The molecule has 56 valence electrons. The standard InChI is InChI=1S/C8H7FN2/c9-5-1-2-6-7(10)4-11-8(6)3-5/h1-4,11H,10H2. The van der Waals surface area contributed by atoms with E-state index in [-0.39, 0.29) is 5.82 Å². The van der Waals surface area contributed by atoms with Crippen molar-refractivity contribution in [3.05, 3.63) is 30.2 Å². The third-order valence-electron chi connectivity index (χ3n) is 1.68. The predicted octanol–water partition coefficient (Wildman–Crippen LogP) is 1.89. The van der Waals surface area contributed by atoms with Gasteiger partial charge in [-0.2, -0.15) is 0 Å². The molecule has 1 heterocycles. The van der Waals surface area contributed by atoms with Gasteiger partial charge in [0.2, 0.25) is 0 Å². The van der Waals surface area contributed by atoms with Gasteiger partial charge in [0.15, 0.2) is 0 Å². The molecule has 0 saturated carbocycles. The van der Waals surface area contributed by atoms with Gasteiger partial charge < -0.3 is 10.7 Å². The third kappa shape index (κ3) is 0.852. The molecule has 1 aromatic heterocycles. The van der Waals surface area contributed by atoms with Crippen LogP contribution in [0.1, 0.15) is 0 Å². The molecule has 11 heavy (non-hydrogen) atoms. The molecule has 0 aliphatic carbocycles. The van der Waals surface area contributed by atoms with E-state index in [1.807, 2.05) is 0 Å². The monoisotopic (exact) mass is 150 g/mol. The van der Waals surface area contributed by atoms with Crippen LogP contribution in [0, 0.1) is 5.82 Å². The van der Waals surface area contributed by atoms with E-state index in [1.165, 1.54) is 12.1 Å². The Morgan fingerprint density at radius 1 is 1.36 bits per heavy atom. The predicted molar refractivity (Wildman–Crippen MR) is 42.7 cm³/mol. The number of nitrogens with one attached hydrogen (secondary N) is 1. The number of halogens is 1. The summed E-state index contributed by atoms with van der Waals surface area (Å²) in [5, 5.41) is 0.867. The molecule has 3 heteroatoms. The highest BCUT2D eigenvalue weighted by molar-refractivity contribution is 5.90. The summed E-state index contributed by atoms with van der Waals surface area (Å²) in [6.45, 7) is 0. The van der Waals surface area contributed by atoms with Crippen LogP contribution in [0.25, 0.3) is 10.9 Å². The number of hydrogen-bond acceptors (Lipinski definition) is 1. The first-order valence-electron chi connectivity index (χ1n) is 3.29. The maximum Gasteiger partial charge on any atom is 0.125 e. The molecule has 0 aliphatic rings. The van der Waals surface area contributed by atoms with Gasteiger partial charge in [-0.05, 0) is 18.2 Å². The number of benzene rings is 1. The van der Waals surface area contributed by atoms with Crippen molar-refractivity contribution in [2.45, 2.75) is 0 Å².